The van der Waals surface area contributed by atoms with Crippen molar-refractivity contribution in [1.29, 1.82) is 0 Å². The van der Waals surface area contributed by atoms with E-state index >= 15 is 0 Å². The zero-order chi connectivity index (χ0) is 13.1. The van der Waals surface area contributed by atoms with Crippen molar-refractivity contribution in [2.75, 3.05) is 0 Å². The summed E-state index contributed by atoms with van der Waals surface area (Å²) in [4.78, 5) is 0. The number of phenols is 1. The van der Waals surface area contributed by atoms with Crippen LogP contribution in [-0.4, -0.2) is 9.03 Å². The molecule has 1 fully saturated rings. The van der Waals surface area contributed by atoms with Gasteiger partial charge in [0, 0.05) is 3.92 Å². The van der Waals surface area contributed by atoms with Gasteiger partial charge in [0.25, 0.3) is 0 Å². The lowest BCUT2D eigenvalue weighted by Crippen LogP contribution is -2.14. The van der Waals surface area contributed by atoms with Gasteiger partial charge in [-0.3, -0.25) is 0 Å². The monoisotopic (exact) mass is 382 g/mol. The maximum atomic E-state index is 13.4. The number of halogens is 3. The minimum Gasteiger partial charge on any atom is -0.505 e. The van der Waals surface area contributed by atoms with Crippen LogP contribution in [-0.2, 0) is 6.42 Å². The van der Waals surface area contributed by atoms with Crippen LogP contribution in [0.2, 0.25) is 5.02 Å². The van der Waals surface area contributed by atoms with Crippen LogP contribution in [0.3, 0.4) is 0 Å². The van der Waals surface area contributed by atoms with Gasteiger partial charge in [-0.05, 0) is 56.1 Å². The molecule has 1 aromatic rings. The molecule has 0 heterocycles. The first kappa shape index (κ1) is 14.4. The zero-order valence-electron chi connectivity index (χ0n) is 10.1. The molecule has 18 heavy (non-hydrogen) atoms. The number of hydrogen-bond acceptors (Lipinski definition) is 1. The van der Waals surface area contributed by atoms with Gasteiger partial charge in [-0.15, -0.1) is 0 Å². The second-order valence-corrected chi connectivity index (χ2v) is 7.17. The number of hydrogen-bond donors (Lipinski definition) is 1. The highest BCUT2D eigenvalue weighted by Crippen LogP contribution is 2.33. The van der Waals surface area contributed by atoms with Crippen LogP contribution in [0.15, 0.2) is 12.1 Å². The Kier molecular flexibility index (Phi) is 5.13. The van der Waals surface area contributed by atoms with E-state index in [9.17, 15) is 9.50 Å². The number of aromatic hydroxyl groups is 1. The Morgan fingerprint density at radius 1 is 1.28 bits per heavy atom. The number of rotatable bonds is 3. The van der Waals surface area contributed by atoms with E-state index in [0.29, 0.717) is 0 Å². The fourth-order valence-electron chi connectivity index (χ4n) is 2.54. The summed E-state index contributed by atoms with van der Waals surface area (Å²) >= 11 is 8.42. The molecule has 1 saturated carbocycles. The third-order valence-corrected chi connectivity index (χ3v) is 5.39. The molecule has 2 rings (SSSR count). The van der Waals surface area contributed by atoms with Crippen LogP contribution < -0.4 is 0 Å². The van der Waals surface area contributed by atoms with E-state index in [1.807, 2.05) is 0 Å². The lowest BCUT2D eigenvalue weighted by molar-refractivity contribution is 0.350. The summed E-state index contributed by atoms with van der Waals surface area (Å²) in [6.45, 7) is 0. The first-order valence-electron chi connectivity index (χ1n) is 6.38. The first-order chi connectivity index (χ1) is 8.58. The average molecular weight is 383 g/mol. The minimum atomic E-state index is -0.690. The zero-order valence-corrected chi connectivity index (χ0v) is 13.0. The van der Waals surface area contributed by atoms with Gasteiger partial charge in [0.1, 0.15) is 0 Å². The van der Waals surface area contributed by atoms with Gasteiger partial charge >= 0.3 is 0 Å². The Balaban J connectivity index is 1.92. The Morgan fingerprint density at radius 3 is 2.61 bits per heavy atom. The normalized spacial score (nSPS) is 24.2. The largest absolute Gasteiger partial charge is 0.505 e. The molecular formula is C14H17ClFIO. The molecule has 1 aliphatic rings. The molecule has 0 aromatic heterocycles. The lowest BCUT2D eigenvalue weighted by Gasteiger charge is -2.25. The SMILES string of the molecule is Oc1ccc(CCC2CCC(I)CC2)c(Cl)c1F. The second-order valence-electron chi connectivity index (χ2n) is 5.03. The van der Waals surface area contributed by atoms with Gasteiger partial charge in [0.05, 0.1) is 5.02 Å². The van der Waals surface area contributed by atoms with E-state index in [0.717, 1.165) is 28.2 Å². The molecule has 100 valence electrons. The minimum absolute atomic E-state index is 0.0811. The van der Waals surface area contributed by atoms with Crippen molar-refractivity contribution < 1.29 is 9.50 Å². The summed E-state index contributed by atoms with van der Waals surface area (Å²) < 4.78 is 14.3. The third kappa shape index (κ3) is 3.50. The maximum Gasteiger partial charge on any atom is 0.183 e. The van der Waals surface area contributed by atoms with Crippen LogP contribution in [0.25, 0.3) is 0 Å². The average Bonchev–Trinajstić information content (AvgIpc) is 2.37. The van der Waals surface area contributed by atoms with Gasteiger partial charge in [-0.25, -0.2) is 4.39 Å². The summed E-state index contributed by atoms with van der Waals surface area (Å²) in [6, 6.07) is 3.11. The smallest absolute Gasteiger partial charge is 0.183 e. The van der Waals surface area contributed by atoms with Gasteiger partial charge in [-0.1, -0.05) is 40.3 Å². The van der Waals surface area contributed by atoms with Crippen molar-refractivity contribution in [1.82, 2.24) is 0 Å². The van der Waals surface area contributed by atoms with Crippen LogP contribution in [0.4, 0.5) is 4.39 Å². The van der Waals surface area contributed by atoms with E-state index in [2.05, 4.69) is 22.6 Å². The van der Waals surface area contributed by atoms with Gasteiger partial charge in [0.15, 0.2) is 11.6 Å². The van der Waals surface area contributed by atoms with Crippen LogP contribution in [0.1, 0.15) is 37.7 Å². The van der Waals surface area contributed by atoms with E-state index in [1.165, 1.54) is 31.7 Å². The molecule has 0 unspecified atom stereocenters. The highest BCUT2D eigenvalue weighted by Gasteiger charge is 2.19. The molecular weight excluding hydrogens is 366 g/mol. The molecule has 0 atom stereocenters. The number of benzene rings is 1. The molecule has 0 radical (unpaired) electrons. The quantitative estimate of drug-likeness (QED) is 0.569. The molecule has 1 aliphatic carbocycles. The maximum absolute atomic E-state index is 13.4. The van der Waals surface area contributed by atoms with Gasteiger partial charge in [-0.2, -0.15) is 0 Å². The van der Waals surface area contributed by atoms with E-state index in [-0.39, 0.29) is 10.8 Å². The predicted molar refractivity (Wildman–Crippen MR) is 81.2 cm³/mol. The van der Waals surface area contributed by atoms with Crippen molar-refractivity contribution in [3.8, 4) is 5.75 Å². The molecule has 0 aliphatic heterocycles. The molecule has 1 N–H and O–H groups in total. The summed E-state index contributed by atoms with van der Waals surface area (Å²) in [5.41, 5.74) is 0.809. The van der Waals surface area contributed by atoms with E-state index in [1.54, 1.807) is 6.07 Å². The number of alkyl halides is 1. The first-order valence-corrected chi connectivity index (χ1v) is 8.00. The number of aryl methyl sites for hydroxylation is 1. The summed E-state index contributed by atoms with van der Waals surface area (Å²) in [5, 5.41) is 9.29. The summed E-state index contributed by atoms with van der Waals surface area (Å²) in [6.07, 6.45) is 6.99. The predicted octanol–water partition coefficient (Wildman–Crippen LogP) is 5.11. The lowest BCUT2D eigenvalue weighted by atomic mass is 9.85. The van der Waals surface area contributed by atoms with Gasteiger partial charge in [0.2, 0.25) is 0 Å². The van der Waals surface area contributed by atoms with E-state index < -0.39 is 5.82 Å². The van der Waals surface area contributed by atoms with Crippen LogP contribution >= 0.6 is 34.2 Å². The highest BCUT2D eigenvalue weighted by molar-refractivity contribution is 14.1. The number of phenolic OH excluding ortho intramolecular Hbond substituents is 1. The highest BCUT2D eigenvalue weighted by atomic mass is 127. The molecule has 0 saturated heterocycles. The Bertz CT molecular complexity index is 417. The molecule has 0 amide bonds. The molecule has 0 bridgehead atoms. The molecule has 0 spiro atoms. The van der Waals surface area contributed by atoms with Crippen molar-refractivity contribution >= 4 is 34.2 Å². The Labute approximate surface area is 126 Å². The van der Waals surface area contributed by atoms with E-state index in [4.69, 9.17) is 11.6 Å². The van der Waals surface area contributed by atoms with Gasteiger partial charge < -0.3 is 5.11 Å². The van der Waals surface area contributed by atoms with Crippen molar-refractivity contribution in [3.05, 3.63) is 28.5 Å². The summed E-state index contributed by atoms with van der Waals surface area (Å²) in [7, 11) is 0. The molecule has 1 aromatic carbocycles. The fraction of sp³-hybridized carbons (Fsp3) is 0.571. The van der Waals surface area contributed by atoms with Crippen molar-refractivity contribution in [2.45, 2.75) is 42.4 Å². The Morgan fingerprint density at radius 2 is 1.94 bits per heavy atom. The standard InChI is InChI=1S/C14H17ClFIO/c15-13-10(5-8-12(18)14(13)16)4-1-9-2-6-11(17)7-3-9/h5,8-9,11,18H,1-4,6-7H2. The fourth-order valence-corrected chi connectivity index (χ4v) is 3.52. The third-order valence-electron chi connectivity index (χ3n) is 3.74. The molecule has 4 heteroatoms. The second kappa shape index (κ2) is 6.42. The Hall–Kier alpha value is -0.0300. The summed E-state index contributed by atoms with van der Waals surface area (Å²) in [5.74, 6) is -0.316. The van der Waals surface area contributed by atoms with Crippen molar-refractivity contribution in [3.63, 3.8) is 0 Å². The topological polar surface area (TPSA) is 20.2 Å². The van der Waals surface area contributed by atoms with Crippen molar-refractivity contribution in [2.24, 2.45) is 5.92 Å². The van der Waals surface area contributed by atoms with Crippen LogP contribution in [0, 0.1) is 11.7 Å². The van der Waals surface area contributed by atoms with Crippen LogP contribution in [0.5, 0.6) is 5.75 Å². The molecule has 1 nitrogen and oxygen atoms in total.